The summed E-state index contributed by atoms with van der Waals surface area (Å²) >= 11 is 0. The average molecular weight is 550 g/mol. The van der Waals surface area contributed by atoms with E-state index in [0.29, 0.717) is 0 Å². The molecule has 1 nitrogen and oxygen atoms in total. The molecule has 0 amide bonds. The molecular weight excluding hydrogens is 509 g/mol. The molecule has 0 saturated carbocycles. The van der Waals surface area contributed by atoms with Crippen molar-refractivity contribution < 1.29 is 0 Å². The monoisotopic (exact) mass is 549 g/mol. The van der Waals surface area contributed by atoms with Crippen LogP contribution in [0.25, 0.3) is 0 Å². The maximum Gasteiger partial charge on any atom is 0.242 e. The van der Waals surface area contributed by atoms with Gasteiger partial charge in [0, 0.05) is 17.1 Å². The zero-order chi connectivity index (χ0) is 29.1. The quantitative estimate of drug-likeness (QED) is 0.227. The van der Waals surface area contributed by atoms with Crippen LogP contribution in [0.2, 0.25) is 13.1 Å². The molecule has 204 valence electrons. The Hall–Kier alpha value is -3.82. The molecule has 0 unspecified atom stereocenters. The van der Waals surface area contributed by atoms with Crippen molar-refractivity contribution in [3.8, 4) is 0 Å². The summed E-state index contributed by atoms with van der Waals surface area (Å²) in [5, 5.41) is 3.00. The summed E-state index contributed by atoms with van der Waals surface area (Å²) in [5.41, 5.74) is 16.2. The third kappa shape index (κ3) is 4.57. The molecule has 3 heteroatoms. The molecule has 5 aromatic carbocycles. The van der Waals surface area contributed by atoms with E-state index in [-0.39, 0.29) is 6.71 Å². The van der Waals surface area contributed by atoms with E-state index in [1.807, 2.05) is 0 Å². The maximum absolute atomic E-state index is 2.48. The Morgan fingerprint density at radius 3 is 1.32 bits per heavy atom. The van der Waals surface area contributed by atoms with Gasteiger partial charge in [0.2, 0.25) is 6.71 Å². The number of hydrogen-bond acceptors (Lipinski definition) is 1. The molecule has 0 atom stereocenters. The van der Waals surface area contributed by atoms with Crippen LogP contribution in [0.3, 0.4) is 0 Å². The Labute approximate surface area is 248 Å². The van der Waals surface area contributed by atoms with Crippen molar-refractivity contribution in [2.75, 3.05) is 4.90 Å². The molecule has 6 rings (SSSR count). The number of benzene rings is 5. The Kier molecular flexibility index (Phi) is 6.82. The van der Waals surface area contributed by atoms with Gasteiger partial charge in [-0.15, -0.1) is 0 Å². The van der Waals surface area contributed by atoms with Gasteiger partial charge in [0.25, 0.3) is 0 Å². The van der Waals surface area contributed by atoms with Crippen LogP contribution < -0.4 is 31.7 Å². The van der Waals surface area contributed by atoms with E-state index < -0.39 is 8.07 Å². The van der Waals surface area contributed by atoms with Gasteiger partial charge in [-0.1, -0.05) is 136 Å². The lowest BCUT2D eigenvalue weighted by Crippen LogP contribution is -2.58. The first-order valence-electron chi connectivity index (χ1n) is 14.8. The van der Waals surface area contributed by atoms with Crippen molar-refractivity contribution in [3.05, 3.63) is 130 Å². The smallest absolute Gasteiger partial charge is 0.242 e. The minimum absolute atomic E-state index is 0.178. The van der Waals surface area contributed by atoms with E-state index in [2.05, 4.69) is 157 Å². The molecule has 0 aliphatic carbocycles. The Morgan fingerprint density at radius 1 is 0.512 bits per heavy atom. The third-order valence-electron chi connectivity index (χ3n) is 9.17. The van der Waals surface area contributed by atoms with E-state index in [9.17, 15) is 0 Å². The second-order valence-corrected chi connectivity index (χ2v) is 17.0. The molecule has 1 heterocycles. The largest absolute Gasteiger partial charge is 0.311 e. The highest BCUT2D eigenvalue weighted by molar-refractivity contribution is 7.02. The fourth-order valence-electron chi connectivity index (χ4n) is 7.53. The third-order valence-corrected chi connectivity index (χ3v) is 12.7. The van der Waals surface area contributed by atoms with Gasteiger partial charge in [0.05, 0.1) is 0 Å². The second-order valence-electron chi connectivity index (χ2n) is 12.6. The lowest BCUT2D eigenvalue weighted by Gasteiger charge is -2.41. The summed E-state index contributed by atoms with van der Waals surface area (Å²) in [5.74, 6) is 0. The van der Waals surface area contributed by atoms with Crippen molar-refractivity contribution in [2.24, 2.45) is 0 Å². The highest BCUT2D eigenvalue weighted by atomic mass is 28.3. The first kappa shape index (κ1) is 27.4. The maximum atomic E-state index is 2.48. The molecule has 0 spiro atoms. The number of fused-ring (bicyclic) bond motifs is 2. The van der Waals surface area contributed by atoms with E-state index in [1.54, 1.807) is 0 Å². The Morgan fingerprint density at radius 2 is 0.902 bits per heavy atom. The lowest BCUT2D eigenvalue weighted by molar-refractivity contribution is 1.29. The Balaban J connectivity index is 1.53. The number of anilines is 3. The molecule has 1 aliphatic heterocycles. The van der Waals surface area contributed by atoms with Gasteiger partial charge >= 0.3 is 0 Å². The first-order valence-corrected chi connectivity index (χ1v) is 17.8. The van der Waals surface area contributed by atoms with Crippen molar-refractivity contribution >= 4 is 58.6 Å². The molecule has 0 aromatic heterocycles. The zero-order valence-corrected chi connectivity index (χ0v) is 26.8. The van der Waals surface area contributed by atoms with Crippen LogP contribution in [0.4, 0.5) is 17.1 Å². The predicted octanol–water partition coefficient (Wildman–Crippen LogP) is 6.66. The van der Waals surface area contributed by atoms with Crippen molar-refractivity contribution in [2.45, 2.75) is 54.6 Å². The van der Waals surface area contributed by atoms with E-state index >= 15 is 0 Å². The molecular formula is C38H40BNSi. The molecule has 0 bridgehead atoms. The number of rotatable bonds is 4. The molecule has 0 radical (unpaired) electrons. The van der Waals surface area contributed by atoms with Crippen LogP contribution in [-0.2, 0) is 0 Å². The zero-order valence-electron chi connectivity index (χ0n) is 25.8. The number of nitrogens with zero attached hydrogens (tertiary/aromatic N) is 1. The van der Waals surface area contributed by atoms with E-state index in [1.165, 1.54) is 77.2 Å². The fraction of sp³-hybridized carbons (Fsp3) is 0.211. The topological polar surface area (TPSA) is 3.24 Å². The van der Waals surface area contributed by atoms with Crippen LogP contribution in [0.15, 0.2) is 97.1 Å². The molecule has 1 aliphatic rings. The first-order chi connectivity index (χ1) is 19.6. The van der Waals surface area contributed by atoms with Crippen LogP contribution >= 0.6 is 0 Å². The summed E-state index contributed by atoms with van der Waals surface area (Å²) in [4.78, 5) is 2.48. The minimum atomic E-state index is -1.80. The normalized spacial score (nSPS) is 13.5. The van der Waals surface area contributed by atoms with Crippen molar-refractivity contribution in [1.82, 2.24) is 0 Å². The van der Waals surface area contributed by atoms with E-state index in [0.717, 1.165) is 0 Å². The van der Waals surface area contributed by atoms with Crippen LogP contribution in [0.5, 0.6) is 0 Å². The van der Waals surface area contributed by atoms with Crippen LogP contribution in [-0.4, -0.2) is 14.8 Å². The summed E-state index contributed by atoms with van der Waals surface area (Å²) < 4.78 is 0. The Bertz CT molecular complexity index is 1630. The fourth-order valence-corrected chi connectivity index (χ4v) is 10.5. The van der Waals surface area contributed by atoms with Crippen LogP contribution in [0, 0.1) is 41.5 Å². The summed E-state index contributed by atoms with van der Waals surface area (Å²) in [6, 6.07) is 36.9. The number of aryl methyl sites for hydroxylation is 6. The predicted molar refractivity (Wildman–Crippen MR) is 184 cm³/mol. The van der Waals surface area contributed by atoms with Gasteiger partial charge in [-0.2, -0.15) is 0 Å². The van der Waals surface area contributed by atoms with Crippen molar-refractivity contribution in [1.29, 1.82) is 0 Å². The van der Waals surface area contributed by atoms with Crippen LogP contribution in [0.1, 0.15) is 33.4 Å². The summed E-state index contributed by atoms with van der Waals surface area (Å²) in [6.07, 6.45) is 0. The SMILES string of the molecule is Cc1cc(C)c(B(c2ccc(N3c4ccccc4[Si](C)(C)c4ccccc43)cc2)c2c(C)cc(C)cc2C)c(C)c1. The number of para-hydroxylation sites is 2. The van der Waals surface area contributed by atoms with E-state index in [4.69, 9.17) is 0 Å². The summed E-state index contributed by atoms with van der Waals surface area (Å²) in [6.45, 7) is 18.7. The average Bonchev–Trinajstić information content (AvgIpc) is 2.92. The minimum Gasteiger partial charge on any atom is -0.311 e. The van der Waals surface area contributed by atoms with Gasteiger partial charge in [0.15, 0.2) is 0 Å². The number of hydrogen-bond donors (Lipinski definition) is 0. The molecule has 0 N–H and O–H groups in total. The molecule has 41 heavy (non-hydrogen) atoms. The highest BCUT2D eigenvalue weighted by Crippen LogP contribution is 2.37. The molecule has 0 saturated heterocycles. The van der Waals surface area contributed by atoms with Crippen molar-refractivity contribution in [3.63, 3.8) is 0 Å². The standard InChI is InChI=1S/C38H40BNSi/c1-25-21-27(3)37(28(4)22-25)39(38-29(5)23-26(2)24-30(38)6)31-17-19-32(20-18-31)40-33-13-9-11-15-35(33)41(7,8)36-16-12-10-14-34(36)40/h9-24H,1-8H3. The summed E-state index contributed by atoms with van der Waals surface area (Å²) in [7, 11) is -1.80. The van der Waals surface area contributed by atoms with Gasteiger partial charge in [-0.05, 0) is 76.2 Å². The van der Waals surface area contributed by atoms with Gasteiger partial charge in [-0.25, -0.2) is 0 Å². The highest BCUT2D eigenvalue weighted by Gasteiger charge is 2.38. The molecule has 5 aromatic rings. The lowest BCUT2D eigenvalue weighted by atomic mass is 9.34. The van der Waals surface area contributed by atoms with Gasteiger partial charge < -0.3 is 4.90 Å². The molecule has 0 fully saturated rings. The van der Waals surface area contributed by atoms with Gasteiger partial charge in [-0.3, -0.25) is 0 Å². The van der Waals surface area contributed by atoms with Gasteiger partial charge in [0.1, 0.15) is 8.07 Å². The second kappa shape index (κ2) is 10.2.